The van der Waals surface area contributed by atoms with Crippen molar-refractivity contribution < 1.29 is 14.7 Å². The van der Waals surface area contributed by atoms with Crippen LogP contribution in [0.5, 0.6) is 0 Å². The molecule has 92 valence electrons. The zero-order valence-corrected chi connectivity index (χ0v) is 10.3. The van der Waals surface area contributed by atoms with E-state index in [1.807, 2.05) is 32.0 Å². The Morgan fingerprint density at radius 2 is 2.12 bits per heavy atom. The summed E-state index contributed by atoms with van der Waals surface area (Å²) < 4.78 is 0. The van der Waals surface area contributed by atoms with E-state index in [0.29, 0.717) is 18.5 Å². The van der Waals surface area contributed by atoms with Gasteiger partial charge in [0, 0.05) is 6.54 Å². The molecule has 0 fully saturated rings. The summed E-state index contributed by atoms with van der Waals surface area (Å²) in [6.45, 7) is 5.88. The van der Waals surface area contributed by atoms with Crippen molar-refractivity contribution in [2.75, 3.05) is 6.54 Å². The first-order valence-electron chi connectivity index (χ1n) is 5.52. The Kier molecular flexibility index (Phi) is 4.26. The number of likely N-dealkylation sites (N-methyl/N-ethyl adjacent to an activating group) is 1. The number of aryl methyl sites for hydroxylation is 2. The van der Waals surface area contributed by atoms with Gasteiger partial charge in [-0.05, 0) is 31.9 Å². The number of amides is 1. The van der Waals surface area contributed by atoms with Crippen molar-refractivity contribution in [1.82, 2.24) is 4.90 Å². The molecule has 1 aromatic carbocycles. The molecule has 1 amide bonds. The molecule has 0 aliphatic rings. The maximum atomic E-state index is 11.3. The summed E-state index contributed by atoms with van der Waals surface area (Å²) in [5, 5.41) is 9.27. The molecule has 1 aromatic rings. The molecule has 0 spiro atoms. The van der Waals surface area contributed by atoms with Crippen LogP contribution in [0, 0.1) is 13.8 Å². The first kappa shape index (κ1) is 13.2. The van der Waals surface area contributed by atoms with Gasteiger partial charge in [-0.2, -0.15) is 0 Å². The summed E-state index contributed by atoms with van der Waals surface area (Å²) in [6, 6.07) is 4.71. The van der Waals surface area contributed by atoms with Gasteiger partial charge in [0.05, 0.1) is 0 Å². The highest BCUT2D eigenvalue weighted by Gasteiger charge is 2.26. The summed E-state index contributed by atoms with van der Waals surface area (Å²) in [4.78, 5) is 23.5. The fourth-order valence-electron chi connectivity index (χ4n) is 1.83. The highest BCUT2D eigenvalue weighted by atomic mass is 16.4. The average Bonchev–Trinajstić information content (AvgIpc) is 2.29. The second-order valence-corrected chi connectivity index (χ2v) is 4.04. The minimum absolute atomic E-state index is 0.369. The van der Waals surface area contributed by atoms with E-state index in [9.17, 15) is 14.7 Å². The van der Waals surface area contributed by atoms with Crippen LogP contribution in [-0.4, -0.2) is 28.9 Å². The van der Waals surface area contributed by atoms with E-state index < -0.39 is 12.0 Å². The number of carboxylic acid groups (broad SMARTS) is 1. The molecule has 1 unspecified atom stereocenters. The van der Waals surface area contributed by atoms with E-state index in [1.165, 1.54) is 4.90 Å². The van der Waals surface area contributed by atoms with Gasteiger partial charge in [0.2, 0.25) is 6.41 Å². The van der Waals surface area contributed by atoms with E-state index in [2.05, 4.69) is 0 Å². The van der Waals surface area contributed by atoms with Gasteiger partial charge in [-0.3, -0.25) is 4.79 Å². The zero-order valence-electron chi connectivity index (χ0n) is 10.3. The van der Waals surface area contributed by atoms with Crippen LogP contribution in [-0.2, 0) is 9.59 Å². The van der Waals surface area contributed by atoms with Crippen molar-refractivity contribution in [3.05, 3.63) is 34.9 Å². The normalized spacial score (nSPS) is 11.9. The van der Waals surface area contributed by atoms with Crippen LogP contribution in [0.25, 0.3) is 0 Å². The number of rotatable bonds is 5. The van der Waals surface area contributed by atoms with Gasteiger partial charge in [0.15, 0.2) is 6.04 Å². The van der Waals surface area contributed by atoms with Gasteiger partial charge in [-0.1, -0.05) is 23.8 Å². The number of hydrogen-bond donors (Lipinski definition) is 1. The van der Waals surface area contributed by atoms with Gasteiger partial charge in [-0.25, -0.2) is 4.79 Å². The quantitative estimate of drug-likeness (QED) is 0.793. The number of hydrogen-bond acceptors (Lipinski definition) is 2. The number of carbonyl (C=O) groups is 2. The molecule has 0 radical (unpaired) electrons. The predicted octanol–water partition coefficient (Wildman–Crippen LogP) is 1.91. The molecule has 1 N–H and O–H groups in total. The number of carboxylic acids is 1. The zero-order chi connectivity index (χ0) is 13.0. The Morgan fingerprint density at radius 3 is 2.59 bits per heavy atom. The van der Waals surface area contributed by atoms with Gasteiger partial charge in [-0.15, -0.1) is 0 Å². The van der Waals surface area contributed by atoms with Gasteiger partial charge in [0.1, 0.15) is 0 Å². The van der Waals surface area contributed by atoms with Crippen molar-refractivity contribution in [1.29, 1.82) is 0 Å². The smallest absolute Gasteiger partial charge is 0.331 e. The van der Waals surface area contributed by atoms with Crippen LogP contribution in [0.2, 0.25) is 0 Å². The van der Waals surface area contributed by atoms with Crippen LogP contribution in [0.15, 0.2) is 18.2 Å². The van der Waals surface area contributed by atoms with E-state index >= 15 is 0 Å². The largest absolute Gasteiger partial charge is 0.479 e. The molecular weight excluding hydrogens is 218 g/mol. The van der Waals surface area contributed by atoms with Crippen molar-refractivity contribution in [3.8, 4) is 0 Å². The number of nitrogens with zero attached hydrogens (tertiary/aromatic N) is 1. The molecule has 0 aliphatic heterocycles. The molecule has 0 heterocycles. The highest BCUT2D eigenvalue weighted by Crippen LogP contribution is 2.24. The highest BCUT2D eigenvalue weighted by molar-refractivity contribution is 5.78. The summed E-state index contributed by atoms with van der Waals surface area (Å²) in [5.41, 5.74) is 2.54. The van der Waals surface area contributed by atoms with Crippen LogP contribution >= 0.6 is 0 Å². The monoisotopic (exact) mass is 235 g/mol. The van der Waals surface area contributed by atoms with Crippen LogP contribution < -0.4 is 0 Å². The SMILES string of the molecule is CCN(C=O)C(C(=O)O)c1cc(C)ccc1C. The first-order chi connectivity index (χ1) is 8.01. The van der Waals surface area contributed by atoms with Crippen LogP contribution in [0.1, 0.15) is 29.7 Å². The molecule has 0 saturated heterocycles. The van der Waals surface area contributed by atoms with Gasteiger partial charge in [0.25, 0.3) is 0 Å². The Balaban J connectivity index is 3.26. The maximum Gasteiger partial charge on any atom is 0.331 e. The first-order valence-corrected chi connectivity index (χ1v) is 5.52. The summed E-state index contributed by atoms with van der Waals surface area (Å²) >= 11 is 0. The Bertz CT molecular complexity index is 429. The fraction of sp³-hybridized carbons (Fsp3) is 0.385. The van der Waals surface area contributed by atoms with Crippen LogP contribution in [0.4, 0.5) is 0 Å². The lowest BCUT2D eigenvalue weighted by atomic mass is 9.98. The predicted molar refractivity (Wildman–Crippen MR) is 64.7 cm³/mol. The molecule has 4 heteroatoms. The van der Waals surface area contributed by atoms with E-state index in [-0.39, 0.29) is 0 Å². The summed E-state index contributed by atoms with van der Waals surface area (Å²) in [6.07, 6.45) is 0.584. The topological polar surface area (TPSA) is 57.6 Å². The van der Waals surface area contributed by atoms with Crippen molar-refractivity contribution in [2.45, 2.75) is 26.8 Å². The second-order valence-electron chi connectivity index (χ2n) is 4.04. The molecule has 0 bridgehead atoms. The van der Waals surface area contributed by atoms with E-state index in [0.717, 1.165) is 11.1 Å². The fourth-order valence-corrected chi connectivity index (χ4v) is 1.83. The molecule has 17 heavy (non-hydrogen) atoms. The van der Waals surface area contributed by atoms with Crippen LogP contribution in [0.3, 0.4) is 0 Å². The van der Waals surface area contributed by atoms with Gasteiger partial charge < -0.3 is 10.0 Å². The minimum Gasteiger partial charge on any atom is -0.479 e. The third-order valence-corrected chi connectivity index (χ3v) is 2.80. The molecule has 0 aromatic heterocycles. The minimum atomic E-state index is -1.01. The van der Waals surface area contributed by atoms with Crippen molar-refractivity contribution in [2.24, 2.45) is 0 Å². The number of carbonyl (C=O) groups excluding carboxylic acids is 1. The molecule has 1 atom stereocenters. The Labute approximate surface area is 101 Å². The van der Waals surface area contributed by atoms with E-state index in [4.69, 9.17) is 0 Å². The number of aliphatic carboxylic acids is 1. The van der Waals surface area contributed by atoms with Crippen molar-refractivity contribution in [3.63, 3.8) is 0 Å². The molecule has 1 rings (SSSR count). The molecule has 0 saturated carbocycles. The molecule has 4 nitrogen and oxygen atoms in total. The molecule has 0 aliphatic carbocycles. The standard InChI is InChI=1S/C13H17NO3/c1-4-14(8-15)12(13(16)17)11-7-9(2)5-6-10(11)3/h5-8,12H,4H2,1-3H3,(H,16,17). The lowest BCUT2D eigenvalue weighted by Crippen LogP contribution is -2.33. The number of benzene rings is 1. The lowest BCUT2D eigenvalue weighted by Gasteiger charge is -2.25. The third-order valence-electron chi connectivity index (χ3n) is 2.80. The summed E-state index contributed by atoms with van der Waals surface area (Å²) in [5.74, 6) is -1.01. The second kappa shape index (κ2) is 5.48. The Morgan fingerprint density at radius 1 is 1.47 bits per heavy atom. The average molecular weight is 235 g/mol. The lowest BCUT2D eigenvalue weighted by molar-refractivity contribution is -0.146. The molecular formula is C13H17NO3. The third kappa shape index (κ3) is 2.84. The van der Waals surface area contributed by atoms with Gasteiger partial charge >= 0.3 is 5.97 Å². The maximum absolute atomic E-state index is 11.3. The van der Waals surface area contributed by atoms with Crippen molar-refractivity contribution >= 4 is 12.4 Å². The summed E-state index contributed by atoms with van der Waals surface area (Å²) in [7, 11) is 0. The Hall–Kier alpha value is -1.84. The van der Waals surface area contributed by atoms with E-state index in [1.54, 1.807) is 6.92 Å².